The van der Waals surface area contributed by atoms with E-state index >= 15 is 0 Å². The standard InChI is InChI=1S/C18H35N5O.HI/c1-4-17(24)23-12-10-15(14-23)21-18(19-2)20-11-13-22(3)16-8-6-5-7-9-16;/h15-16H,4-14H2,1-3H3,(H2,19,20,21);1H. The monoisotopic (exact) mass is 465 g/mol. The van der Waals surface area contributed by atoms with Gasteiger partial charge in [-0.3, -0.25) is 9.79 Å². The van der Waals surface area contributed by atoms with Crippen molar-refractivity contribution >= 4 is 35.8 Å². The topological polar surface area (TPSA) is 60.0 Å². The van der Waals surface area contributed by atoms with Gasteiger partial charge in [-0.25, -0.2) is 0 Å². The number of hydrogen-bond acceptors (Lipinski definition) is 3. The van der Waals surface area contributed by atoms with Crippen molar-refractivity contribution in [3.63, 3.8) is 0 Å². The van der Waals surface area contributed by atoms with Gasteiger partial charge in [-0.05, 0) is 26.3 Å². The van der Waals surface area contributed by atoms with Crippen molar-refractivity contribution in [2.24, 2.45) is 4.99 Å². The van der Waals surface area contributed by atoms with Crippen molar-refractivity contribution in [2.75, 3.05) is 40.3 Å². The Morgan fingerprint density at radius 3 is 2.60 bits per heavy atom. The minimum absolute atomic E-state index is 0. The molecule has 0 aromatic carbocycles. The number of carbonyl (C=O) groups is 1. The van der Waals surface area contributed by atoms with Crippen molar-refractivity contribution < 1.29 is 4.79 Å². The third-order valence-electron chi connectivity index (χ3n) is 5.36. The summed E-state index contributed by atoms with van der Waals surface area (Å²) in [6, 6.07) is 1.06. The Morgan fingerprint density at radius 2 is 1.96 bits per heavy atom. The number of guanidine groups is 1. The molecule has 0 aromatic heterocycles. The number of nitrogens with one attached hydrogen (secondary N) is 2. The molecule has 1 heterocycles. The van der Waals surface area contributed by atoms with Gasteiger partial charge in [-0.15, -0.1) is 24.0 Å². The molecule has 1 amide bonds. The second-order valence-corrected chi connectivity index (χ2v) is 7.09. The fraction of sp³-hybridized carbons (Fsp3) is 0.889. The fourth-order valence-corrected chi connectivity index (χ4v) is 3.77. The summed E-state index contributed by atoms with van der Waals surface area (Å²) >= 11 is 0. The number of halogens is 1. The lowest BCUT2D eigenvalue weighted by molar-refractivity contribution is -0.129. The van der Waals surface area contributed by atoms with Gasteiger partial charge in [-0.2, -0.15) is 0 Å². The Bertz CT molecular complexity index is 426. The summed E-state index contributed by atoms with van der Waals surface area (Å²) < 4.78 is 0. The maximum Gasteiger partial charge on any atom is 0.222 e. The van der Waals surface area contributed by atoms with E-state index in [1.54, 1.807) is 0 Å². The summed E-state index contributed by atoms with van der Waals surface area (Å²) in [5.41, 5.74) is 0. The highest BCUT2D eigenvalue weighted by Crippen LogP contribution is 2.21. The Morgan fingerprint density at radius 1 is 1.24 bits per heavy atom. The third kappa shape index (κ3) is 7.29. The van der Waals surface area contributed by atoms with Crippen LogP contribution in [0.4, 0.5) is 0 Å². The van der Waals surface area contributed by atoms with E-state index in [-0.39, 0.29) is 29.9 Å². The number of likely N-dealkylation sites (tertiary alicyclic amines) is 1. The quantitative estimate of drug-likeness (QED) is 0.358. The molecule has 25 heavy (non-hydrogen) atoms. The molecule has 0 radical (unpaired) electrons. The van der Waals surface area contributed by atoms with E-state index < -0.39 is 0 Å². The molecule has 2 N–H and O–H groups in total. The molecule has 0 aromatic rings. The lowest BCUT2D eigenvalue weighted by Crippen LogP contribution is -2.47. The van der Waals surface area contributed by atoms with Crippen LogP contribution < -0.4 is 10.6 Å². The molecule has 1 unspecified atom stereocenters. The molecule has 0 spiro atoms. The zero-order valence-electron chi connectivity index (χ0n) is 16.1. The maximum atomic E-state index is 11.8. The first-order valence-electron chi connectivity index (χ1n) is 9.59. The van der Waals surface area contributed by atoms with Crippen LogP contribution >= 0.6 is 24.0 Å². The lowest BCUT2D eigenvalue weighted by atomic mass is 9.94. The molecule has 146 valence electrons. The van der Waals surface area contributed by atoms with E-state index in [9.17, 15) is 4.79 Å². The smallest absolute Gasteiger partial charge is 0.222 e. The van der Waals surface area contributed by atoms with Gasteiger partial charge in [0.2, 0.25) is 5.91 Å². The van der Waals surface area contributed by atoms with Crippen LogP contribution in [0.1, 0.15) is 51.9 Å². The molecule has 1 saturated heterocycles. The van der Waals surface area contributed by atoms with Gasteiger partial charge in [0.05, 0.1) is 0 Å². The molecule has 0 bridgehead atoms. The van der Waals surface area contributed by atoms with Crippen LogP contribution in [0.3, 0.4) is 0 Å². The number of aliphatic imine (C=N–C) groups is 1. The Hall–Kier alpha value is -0.570. The minimum atomic E-state index is 0. The van der Waals surface area contributed by atoms with Crippen LogP contribution in [0.2, 0.25) is 0 Å². The van der Waals surface area contributed by atoms with E-state index in [0.717, 1.165) is 44.6 Å². The Balaban J connectivity index is 0.00000312. The molecule has 1 aliphatic heterocycles. The van der Waals surface area contributed by atoms with Gasteiger partial charge in [0.25, 0.3) is 0 Å². The highest BCUT2D eigenvalue weighted by molar-refractivity contribution is 14.0. The second-order valence-electron chi connectivity index (χ2n) is 7.09. The highest BCUT2D eigenvalue weighted by Gasteiger charge is 2.25. The van der Waals surface area contributed by atoms with E-state index in [0.29, 0.717) is 12.5 Å². The van der Waals surface area contributed by atoms with Gasteiger partial charge in [0.15, 0.2) is 5.96 Å². The summed E-state index contributed by atoms with van der Waals surface area (Å²) in [4.78, 5) is 20.5. The van der Waals surface area contributed by atoms with Crippen molar-refractivity contribution in [1.29, 1.82) is 0 Å². The molecule has 1 saturated carbocycles. The van der Waals surface area contributed by atoms with E-state index in [1.807, 2.05) is 18.9 Å². The average Bonchev–Trinajstić information content (AvgIpc) is 3.09. The zero-order valence-corrected chi connectivity index (χ0v) is 18.4. The van der Waals surface area contributed by atoms with Crippen LogP contribution in [0.15, 0.2) is 4.99 Å². The number of amides is 1. The predicted octanol–water partition coefficient (Wildman–Crippen LogP) is 2.04. The largest absolute Gasteiger partial charge is 0.355 e. The molecule has 2 aliphatic rings. The molecular formula is C18H36IN5O. The van der Waals surface area contributed by atoms with E-state index in [4.69, 9.17) is 0 Å². The molecule has 7 heteroatoms. The maximum absolute atomic E-state index is 11.8. The molecule has 1 aliphatic carbocycles. The number of carbonyl (C=O) groups excluding carboxylic acids is 1. The zero-order chi connectivity index (χ0) is 17.4. The van der Waals surface area contributed by atoms with Gasteiger partial charge in [0, 0.05) is 51.7 Å². The van der Waals surface area contributed by atoms with Crippen molar-refractivity contribution in [1.82, 2.24) is 20.4 Å². The first kappa shape index (κ1) is 22.5. The third-order valence-corrected chi connectivity index (χ3v) is 5.36. The number of rotatable bonds is 6. The summed E-state index contributed by atoms with van der Waals surface area (Å²) in [7, 11) is 4.04. The lowest BCUT2D eigenvalue weighted by Gasteiger charge is -2.31. The number of likely N-dealkylation sites (N-methyl/N-ethyl adjacent to an activating group) is 1. The average molecular weight is 465 g/mol. The van der Waals surface area contributed by atoms with E-state index in [1.165, 1.54) is 32.1 Å². The number of hydrogen-bond donors (Lipinski definition) is 2. The summed E-state index contributed by atoms with van der Waals surface area (Å²) in [6.07, 6.45) is 8.42. The van der Waals surface area contributed by atoms with E-state index in [2.05, 4.69) is 27.6 Å². The van der Waals surface area contributed by atoms with Crippen molar-refractivity contribution in [2.45, 2.75) is 64.0 Å². The first-order chi connectivity index (χ1) is 11.6. The Kier molecular flexibility index (Phi) is 10.7. The van der Waals surface area contributed by atoms with Crippen LogP contribution in [-0.4, -0.2) is 74.0 Å². The minimum Gasteiger partial charge on any atom is -0.355 e. The number of nitrogens with zero attached hydrogens (tertiary/aromatic N) is 3. The first-order valence-corrected chi connectivity index (χ1v) is 9.59. The van der Waals surface area contributed by atoms with Crippen LogP contribution in [0.25, 0.3) is 0 Å². The SMILES string of the molecule is CCC(=O)N1CCC(NC(=NC)NCCN(C)C2CCCCC2)C1.I. The molecule has 1 atom stereocenters. The van der Waals surface area contributed by atoms with Crippen LogP contribution in [0, 0.1) is 0 Å². The van der Waals surface area contributed by atoms with Gasteiger partial charge < -0.3 is 20.4 Å². The normalized spacial score (nSPS) is 22.0. The van der Waals surface area contributed by atoms with Crippen LogP contribution in [-0.2, 0) is 4.79 Å². The molecule has 6 nitrogen and oxygen atoms in total. The van der Waals surface area contributed by atoms with Crippen LogP contribution in [0.5, 0.6) is 0 Å². The fourth-order valence-electron chi connectivity index (χ4n) is 3.77. The van der Waals surface area contributed by atoms with Gasteiger partial charge in [-0.1, -0.05) is 26.2 Å². The highest BCUT2D eigenvalue weighted by atomic mass is 127. The molecular weight excluding hydrogens is 429 g/mol. The molecule has 2 rings (SSSR count). The summed E-state index contributed by atoms with van der Waals surface area (Å²) in [5, 5.41) is 6.87. The summed E-state index contributed by atoms with van der Waals surface area (Å²) in [6.45, 7) is 5.50. The second kappa shape index (κ2) is 11.9. The predicted molar refractivity (Wildman–Crippen MR) is 115 cm³/mol. The van der Waals surface area contributed by atoms with Crippen molar-refractivity contribution in [3.05, 3.63) is 0 Å². The van der Waals surface area contributed by atoms with Gasteiger partial charge in [0.1, 0.15) is 0 Å². The molecule has 2 fully saturated rings. The van der Waals surface area contributed by atoms with Crippen molar-refractivity contribution in [3.8, 4) is 0 Å². The van der Waals surface area contributed by atoms with Gasteiger partial charge >= 0.3 is 0 Å². The summed E-state index contributed by atoms with van der Waals surface area (Å²) in [5.74, 6) is 1.10. The Labute approximate surface area is 170 Å².